The largest absolute Gasteiger partial charge is 0.435 e. The molecule has 1 fully saturated rings. The summed E-state index contributed by atoms with van der Waals surface area (Å²) in [6.07, 6.45) is 8.72. The molecule has 1 saturated heterocycles. The topological polar surface area (TPSA) is 84.9 Å². The summed E-state index contributed by atoms with van der Waals surface area (Å²) in [4.78, 5) is 17.5. The highest BCUT2D eigenvalue weighted by molar-refractivity contribution is 7.99. The van der Waals surface area contributed by atoms with E-state index in [2.05, 4.69) is 25.0 Å². The zero-order valence-corrected chi connectivity index (χ0v) is 20.1. The Balaban J connectivity index is 1.33. The van der Waals surface area contributed by atoms with Crippen molar-refractivity contribution in [3.05, 3.63) is 90.3 Å². The Bertz CT molecular complexity index is 1320. The van der Waals surface area contributed by atoms with Gasteiger partial charge in [0.05, 0.1) is 16.9 Å². The number of piperidine rings is 1. The van der Waals surface area contributed by atoms with Crippen LogP contribution < -0.4 is 14.8 Å². The normalized spacial score (nSPS) is 15.4. The number of pyridine rings is 2. The van der Waals surface area contributed by atoms with Gasteiger partial charge < -0.3 is 14.8 Å². The number of rotatable bonds is 8. The molecule has 1 unspecified atom stereocenters. The van der Waals surface area contributed by atoms with Crippen LogP contribution in [0.15, 0.2) is 67.3 Å². The van der Waals surface area contributed by atoms with E-state index < -0.39 is 11.6 Å². The van der Waals surface area contributed by atoms with E-state index >= 15 is 0 Å². The second-order valence-corrected chi connectivity index (χ2v) is 9.07. The Kier molecular flexibility index (Phi) is 7.63. The molecule has 1 aromatic carbocycles. The summed E-state index contributed by atoms with van der Waals surface area (Å²) >= 11 is 1.24. The van der Waals surface area contributed by atoms with Crippen LogP contribution in [0.2, 0.25) is 0 Å². The lowest BCUT2D eigenvalue weighted by Crippen LogP contribution is -2.29. The summed E-state index contributed by atoms with van der Waals surface area (Å²) in [5.41, 5.74) is 2.17. The summed E-state index contributed by atoms with van der Waals surface area (Å²) in [7, 11) is 0. The van der Waals surface area contributed by atoms with E-state index in [0.717, 1.165) is 37.3 Å². The van der Waals surface area contributed by atoms with E-state index in [1.807, 2.05) is 12.1 Å². The van der Waals surface area contributed by atoms with Gasteiger partial charge in [-0.25, -0.2) is 19.3 Å². The molecule has 1 aliphatic heterocycles. The molecule has 0 amide bonds. The number of benzene rings is 1. The van der Waals surface area contributed by atoms with Gasteiger partial charge in [0.15, 0.2) is 11.6 Å². The molecule has 0 aliphatic carbocycles. The molecule has 0 bridgehead atoms. The predicted molar refractivity (Wildman–Crippen MR) is 136 cm³/mol. The fourth-order valence-corrected chi connectivity index (χ4v) is 4.66. The number of aromatic nitrogens is 4. The summed E-state index contributed by atoms with van der Waals surface area (Å²) in [5, 5.41) is 3.37. The lowest BCUT2D eigenvalue weighted by molar-refractivity contribution is 0.407. The Morgan fingerprint density at radius 3 is 2.78 bits per heavy atom. The van der Waals surface area contributed by atoms with Gasteiger partial charge in [-0.05, 0) is 73.3 Å². The van der Waals surface area contributed by atoms with E-state index in [1.54, 1.807) is 36.8 Å². The zero-order chi connectivity index (χ0) is 24.7. The Morgan fingerprint density at radius 1 is 1.03 bits per heavy atom. The molecule has 2 N–H and O–H groups in total. The summed E-state index contributed by atoms with van der Waals surface area (Å²) in [6, 6.07) is 11.8. The van der Waals surface area contributed by atoms with E-state index in [4.69, 9.17) is 9.72 Å². The van der Waals surface area contributed by atoms with Crippen molar-refractivity contribution in [3.8, 4) is 22.9 Å². The monoisotopic (exact) mass is 506 g/mol. The van der Waals surface area contributed by atoms with Crippen molar-refractivity contribution in [1.82, 2.24) is 25.3 Å². The lowest BCUT2D eigenvalue weighted by atomic mass is 9.98. The van der Waals surface area contributed by atoms with Crippen molar-refractivity contribution < 1.29 is 13.5 Å². The van der Waals surface area contributed by atoms with Crippen molar-refractivity contribution in [2.24, 2.45) is 0 Å². The molecule has 36 heavy (non-hydrogen) atoms. The summed E-state index contributed by atoms with van der Waals surface area (Å²) in [5.74, 6) is -0.751. The minimum Gasteiger partial charge on any atom is -0.435 e. The van der Waals surface area contributed by atoms with Crippen molar-refractivity contribution >= 4 is 17.6 Å². The van der Waals surface area contributed by atoms with Gasteiger partial charge in [0.25, 0.3) is 0 Å². The molecule has 0 saturated carbocycles. The summed E-state index contributed by atoms with van der Waals surface area (Å²) in [6.45, 7) is 1.82. The molecule has 7 nitrogen and oxygen atoms in total. The van der Waals surface area contributed by atoms with Gasteiger partial charge in [0, 0.05) is 43.0 Å². The molecule has 3 aromatic heterocycles. The van der Waals surface area contributed by atoms with Gasteiger partial charge in [-0.15, -0.1) is 0 Å². The number of anilines is 1. The molecule has 5 rings (SSSR count). The smallest absolute Gasteiger partial charge is 0.228 e. The standard InChI is InChI=1S/C26H24F2N6OS/c27-23-21(34-36-16-17-4-1-10-29-14-17)7-8-22(24(23)28)35-26-19(6-3-12-32-26)20-9-13-31-25(33-20)18-5-2-11-30-15-18/h1,3-4,6-10,12-14,18,30,34H,2,5,11,15-16H2. The first-order valence-electron chi connectivity index (χ1n) is 11.6. The molecule has 184 valence electrons. The number of nitrogens with zero attached hydrogens (tertiary/aromatic N) is 4. The second-order valence-electron chi connectivity index (χ2n) is 8.29. The quantitative estimate of drug-likeness (QED) is 0.293. The third-order valence-electron chi connectivity index (χ3n) is 5.78. The van der Waals surface area contributed by atoms with Gasteiger partial charge in [-0.3, -0.25) is 4.98 Å². The minimum absolute atomic E-state index is 0.0246. The fraction of sp³-hybridized carbons (Fsp3) is 0.231. The van der Waals surface area contributed by atoms with Gasteiger partial charge >= 0.3 is 0 Å². The second kappa shape index (κ2) is 11.4. The maximum absolute atomic E-state index is 14.9. The first-order chi connectivity index (χ1) is 17.7. The van der Waals surface area contributed by atoms with Crippen LogP contribution >= 0.6 is 11.9 Å². The molecular weight excluding hydrogens is 482 g/mol. The Hall–Kier alpha value is -3.63. The van der Waals surface area contributed by atoms with Crippen molar-refractivity contribution in [1.29, 1.82) is 0 Å². The van der Waals surface area contributed by atoms with Crippen LogP contribution in [0.5, 0.6) is 11.6 Å². The minimum atomic E-state index is -1.10. The number of halogens is 2. The van der Waals surface area contributed by atoms with Crippen LogP contribution in [-0.2, 0) is 5.75 Å². The molecule has 1 aliphatic rings. The van der Waals surface area contributed by atoms with Gasteiger partial charge in [0.1, 0.15) is 5.82 Å². The average molecular weight is 507 g/mol. The number of nitrogens with one attached hydrogen (secondary N) is 2. The van der Waals surface area contributed by atoms with E-state index in [9.17, 15) is 8.78 Å². The molecule has 4 aromatic rings. The van der Waals surface area contributed by atoms with Crippen LogP contribution in [-0.4, -0.2) is 33.0 Å². The number of ether oxygens (including phenoxy) is 1. The van der Waals surface area contributed by atoms with E-state index in [1.165, 1.54) is 30.3 Å². The highest BCUT2D eigenvalue weighted by atomic mass is 32.2. The van der Waals surface area contributed by atoms with Gasteiger partial charge in [0.2, 0.25) is 11.7 Å². The molecule has 0 spiro atoms. The maximum Gasteiger partial charge on any atom is 0.228 e. The third kappa shape index (κ3) is 5.60. The van der Waals surface area contributed by atoms with Crippen LogP contribution in [0.1, 0.15) is 30.1 Å². The highest BCUT2D eigenvalue weighted by Gasteiger charge is 2.21. The first-order valence-corrected chi connectivity index (χ1v) is 12.6. The zero-order valence-electron chi connectivity index (χ0n) is 19.3. The SMILES string of the molecule is Fc1c(NSCc2cccnc2)ccc(Oc2ncccc2-c2ccnc(C3CCCNC3)n2)c1F. The van der Waals surface area contributed by atoms with Crippen molar-refractivity contribution in [2.45, 2.75) is 24.5 Å². The van der Waals surface area contributed by atoms with Crippen LogP contribution in [0.4, 0.5) is 14.5 Å². The predicted octanol–water partition coefficient (Wildman–Crippen LogP) is 5.73. The van der Waals surface area contributed by atoms with Crippen molar-refractivity contribution in [3.63, 3.8) is 0 Å². The Labute approximate surface area is 211 Å². The third-order valence-corrected chi connectivity index (χ3v) is 6.62. The van der Waals surface area contributed by atoms with Gasteiger partial charge in [-0.1, -0.05) is 6.07 Å². The number of hydrogen-bond acceptors (Lipinski definition) is 8. The molecule has 10 heteroatoms. The van der Waals surface area contributed by atoms with Crippen LogP contribution in [0.25, 0.3) is 11.3 Å². The highest BCUT2D eigenvalue weighted by Crippen LogP contribution is 2.35. The molecule has 4 heterocycles. The maximum atomic E-state index is 14.9. The van der Waals surface area contributed by atoms with Crippen LogP contribution in [0.3, 0.4) is 0 Å². The van der Waals surface area contributed by atoms with E-state index in [-0.39, 0.29) is 23.2 Å². The first kappa shape index (κ1) is 24.1. The molecular formula is C26H24F2N6OS. The fourth-order valence-electron chi connectivity index (χ4n) is 3.93. The van der Waals surface area contributed by atoms with E-state index in [0.29, 0.717) is 17.0 Å². The van der Waals surface area contributed by atoms with Gasteiger partial charge in [-0.2, -0.15) is 4.39 Å². The Morgan fingerprint density at radius 2 is 1.94 bits per heavy atom. The number of hydrogen-bond donors (Lipinski definition) is 2. The molecule has 0 radical (unpaired) electrons. The van der Waals surface area contributed by atoms with Crippen LogP contribution in [0, 0.1) is 11.6 Å². The van der Waals surface area contributed by atoms with Crippen molar-refractivity contribution in [2.75, 3.05) is 17.8 Å². The average Bonchev–Trinajstić information content (AvgIpc) is 2.94. The lowest BCUT2D eigenvalue weighted by Gasteiger charge is -2.21. The summed E-state index contributed by atoms with van der Waals surface area (Å²) < 4.78 is 38.3. The molecule has 1 atom stereocenters.